The zero-order chi connectivity index (χ0) is 17.4. The van der Waals surface area contributed by atoms with Crippen molar-refractivity contribution >= 4 is 21.5 Å². The highest BCUT2D eigenvalue weighted by atomic mass is 32.2. The third kappa shape index (κ3) is 3.33. The van der Waals surface area contributed by atoms with Crippen LogP contribution in [0.15, 0.2) is 41.3 Å². The minimum absolute atomic E-state index is 0.165. The zero-order valence-corrected chi connectivity index (χ0v) is 12.4. The summed E-state index contributed by atoms with van der Waals surface area (Å²) in [4.78, 5) is 19.6. The van der Waals surface area contributed by atoms with Gasteiger partial charge in [-0.05, 0) is 25.1 Å². The average Bonchev–Trinajstić information content (AvgIpc) is 2.45. The summed E-state index contributed by atoms with van der Waals surface area (Å²) in [5, 5.41) is 21.9. The van der Waals surface area contributed by atoms with Gasteiger partial charge in [0.1, 0.15) is 10.1 Å². The lowest BCUT2D eigenvalue weighted by Gasteiger charge is -2.14. The third-order valence-electron chi connectivity index (χ3n) is 3.08. The Kier molecular flexibility index (Phi) is 4.12. The lowest BCUT2D eigenvalue weighted by atomic mass is 10.0. The standard InChI is InChI=1S/C13H10N2O7S/c1-8-2-5-13(23(20,21)22)11(6-8)10-4-3-9(14(16)17)7-12(10)15(18)19/h2-7H,1H3,(H,20,21,22)/p-1. The van der Waals surface area contributed by atoms with E-state index in [1.54, 1.807) is 6.92 Å². The Balaban J connectivity index is 2.84. The number of hydrogen-bond donors (Lipinski definition) is 0. The van der Waals surface area contributed by atoms with Gasteiger partial charge in [0, 0.05) is 11.6 Å². The van der Waals surface area contributed by atoms with Gasteiger partial charge in [0.25, 0.3) is 11.4 Å². The fourth-order valence-electron chi connectivity index (χ4n) is 2.08. The second-order valence-corrected chi connectivity index (χ2v) is 6.02. The SMILES string of the molecule is Cc1ccc(S(=O)(=O)[O-])c(-c2ccc([N+](=O)[O-])cc2[N+](=O)[O-])c1. The third-order valence-corrected chi connectivity index (χ3v) is 3.98. The molecule has 0 heterocycles. The summed E-state index contributed by atoms with van der Waals surface area (Å²) in [7, 11) is -4.87. The summed E-state index contributed by atoms with van der Waals surface area (Å²) in [5.74, 6) is 0. The fraction of sp³-hybridized carbons (Fsp3) is 0.0769. The van der Waals surface area contributed by atoms with Crippen molar-refractivity contribution in [2.45, 2.75) is 11.8 Å². The second kappa shape index (κ2) is 5.74. The van der Waals surface area contributed by atoms with Gasteiger partial charge in [-0.15, -0.1) is 0 Å². The first-order chi connectivity index (χ1) is 10.6. The predicted octanol–water partition coefficient (Wildman–Crippen LogP) is 2.38. The van der Waals surface area contributed by atoms with Gasteiger partial charge in [-0.25, -0.2) is 8.42 Å². The molecule has 0 unspecified atom stereocenters. The van der Waals surface area contributed by atoms with Gasteiger partial charge in [-0.2, -0.15) is 0 Å². The molecule has 0 spiro atoms. The first-order valence-corrected chi connectivity index (χ1v) is 7.52. The molecule has 0 aliphatic rings. The summed E-state index contributed by atoms with van der Waals surface area (Å²) < 4.78 is 34.1. The van der Waals surface area contributed by atoms with Gasteiger partial charge in [0.2, 0.25) is 0 Å². The van der Waals surface area contributed by atoms with E-state index in [1.165, 1.54) is 12.1 Å². The van der Waals surface area contributed by atoms with E-state index in [0.717, 1.165) is 24.3 Å². The molecule has 0 saturated carbocycles. The van der Waals surface area contributed by atoms with Gasteiger partial charge in [-0.1, -0.05) is 11.6 Å². The average molecular weight is 337 g/mol. The van der Waals surface area contributed by atoms with Crippen LogP contribution >= 0.6 is 0 Å². The normalized spacial score (nSPS) is 11.2. The van der Waals surface area contributed by atoms with E-state index >= 15 is 0 Å². The molecular weight excluding hydrogens is 328 g/mol. The molecule has 0 atom stereocenters. The Hall–Kier alpha value is -2.85. The highest BCUT2D eigenvalue weighted by Gasteiger charge is 2.23. The minimum atomic E-state index is -4.87. The van der Waals surface area contributed by atoms with Crippen LogP contribution in [0, 0.1) is 27.2 Å². The van der Waals surface area contributed by atoms with Crippen LogP contribution in [0.25, 0.3) is 11.1 Å². The number of nitrogens with zero attached hydrogens (tertiary/aromatic N) is 2. The van der Waals surface area contributed by atoms with E-state index in [9.17, 15) is 33.2 Å². The molecule has 0 radical (unpaired) electrons. The molecule has 0 aromatic heterocycles. The van der Waals surface area contributed by atoms with E-state index in [-0.39, 0.29) is 11.1 Å². The van der Waals surface area contributed by atoms with E-state index in [0.29, 0.717) is 5.56 Å². The molecule has 2 aromatic rings. The Labute approximate surface area is 130 Å². The van der Waals surface area contributed by atoms with Crippen LogP contribution in [0.3, 0.4) is 0 Å². The van der Waals surface area contributed by atoms with Crippen LogP contribution in [0.2, 0.25) is 0 Å². The molecule has 0 bridgehead atoms. The maximum absolute atomic E-state index is 11.4. The minimum Gasteiger partial charge on any atom is -0.744 e. The van der Waals surface area contributed by atoms with Crippen LogP contribution in [0.4, 0.5) is 11.4 Å². The van der Waals surface area contributed by atoms with Crippen molar-refractivity contribution in [2.75, 3.05) is 0 Å². The molecule has 2 aromatic carbocycles. The molecule has 2 rings (SSSR count). The molecule has 0 aliphatic carbocycles. The number of nitro groups is 2. The Morgan fingerprint density at radius 1 is 0.913 bits per heavy atom. The van der Waals surface area contributed by atoms with Crippen LogP contribution in [0.1, 0.15) is 5.56 Å². The number of benzene rings is 2. The molecular formula is C13H9N2O7S-. The van der Waals surface area contributed by atoms with Crippen molar-refractivity contribution in [3.63, 3.8) is 0 Å². The molecule has 0 N–H and O–H groups in total. The van der Waals surface area contributed by atoms with Gasteiger partial charge < -0.3 is 4.55 Å². The van der Waals surface area contributed by atoms with Gasteiger partial charge in [0.05, 0.1) is 26.4 Å². The second-order valence-electron chi connectivity index (χ2n) is 4.67. The molecule has 120 valence electrons. The molecule has 0 saturated heterocycles. The van der Waals surface area contributed by atoms with Crippen LogP contribution < -0.4 is 0 Å². The van der Waals surface area contributed by atoms with Crippen molar-refractivity contribution in [3.8, 4) is 11.1 Å². The van der Waals surface area contributed by atoms with Crippen LogP contribution in [-0.4, -0.2) is 22.8 Å². The Bertz CT molecular complexity index is 922. The van der Waals surface area contributed by atoms with Crippen molar-refractivity contribution in [1.29, 1.82) is 0 Å². The van der Waals surface area contributed by atoms with Crippen molar-refractivity contribution in [3.05, 3.63) is 62.2 Å². The van der Waals surface area contributed by atoms with Gasteiger partial charge >= 0.3 is 0 Å². The Morgan fingerprint density at radius 2 is 1.57 bits per heavy atom. The van der Waals surface area contributed by atoms with E-state index in [1.807, 2.05) is 0 Å². The topological polar surface area (TPSA) is 143 Å². The number of aryl methyl sites for hydroxylation is 1. The molecule has 10 heteroatoms. The molecule has 9 nitrogen and oxygen atoms in total. The number of hydrogen-bond acceptors (Lipinski definition) is 7. The van der Waals surface area contributed by atoms with Crippen LogP contribution in [0.5, 0.6) is 0 Å². The predicted molar refractivity (Wildman–Crippen MR) is 77.9 cm³/mol. The fourth-order valence-corrected chi connectivity index (χ4v) is 2.76. The zero-order valence-electron chi connectivity index (χ0n) is 11.6. The summed E-state index contributed by atoms with van der Waals surface area (Å²) in [6, 6.07) is 6.52. The Morgan fingerprint density at radius 3 is 2.09 bits per heavy atom. The van der Waals surface area contributed by atoms with Crippen LogP contribution in [-0.2, 0) is 10.1 Å². The highest BCUT2D eigenvalue weighted by Crippen LogP contribution is 2.36. The first-order valence-electron chi connectivity index (χ1n) is 6.11. The van der Waals surface area contributed by atoms with Crippen molar-refractivity contribution < 1.29 is 22.8 Å². The van der Waals surface area contributed by atoms with E-state index in [2.05, 4.69) is 0 Å². The summed E-state index contributed by atoms with van der Waals surface area (Å²) in [6.45, 7) is 1.61. The lowest BCUT2D eigenvalue weighted by Crippen LogP contribution is -2.03. The maximum atomic E-state index is 11.4. The van der Waals surface area contributed by atoms with E-state index in [4.69, 9.17) is 0 Å². The maximum Gasteiger partial charge on any atom is 0.284 e. The van der Waals surface area contributed by atoms with Crippen molar-refractivity contribution in [2.24, 2.45) is 0 Å². The molecule has 0 fully saturated rings. The largest absolute Gasteiger partial charge is 0.744 e. The summed E-state index contributed by atoms with van der Waals surface area (Å²) in [6.07, 6.45) is 0. The number of nitro benzene ring substituents is 2. The molecule has 0 amide bonds. The highest BCUT2D eigenvalue weighted by molar-refractivity contribution is 7.85. The molecule has 0 aliphatic heterocycles. The van der Waals surface area contributed by atoms with Gasteiger partial charge in [0.15, 0.2) is 0 Å². The van der Waals surface area contributed by atoms with Gasteiger partial charge in [-0.3, -0.25) is 20.2 Å². The van der Waals surface area contributed by atoms with Crippen molar-refractivity contribution in [1.82, 2.24) is 0 Å². The number of rotatable bonds is 4. The smallest absolute Gasteiger partial charge is 0.284 e. The summed E-state index contributed by atoms with van der Waals surface area (Å²) >= 11 is 0. The lowest BCUT2D eigenvalue weighted by molar-refractivity contribution is -0.393. The van der Waals surface area contributed by atoms with E-state index < -0.39 is 36.2 Å². The first kappa shape index (κ1) is 16.5. The summed E-state index contributed by atoms with van der Waals surface area (Å²) in [5.41, 5.74) is -0.949. The molecule has 23 heavy (non-hydrogen) atoms. The number of non-ortho nitro benzene ring substituents is 1. The quantitative estimate of drug-likeness (QED) is 0.473. The monoisotopic (exact) mass is 337 g/mol.